The average molecular weight is 546 g/mol. The van der Waals surface area contributed by atoms with Crippen LogP contribution in [0.5, 0.6) is 11.5 Å². The number of aliphatic hydroxyl groups excluding tert-OH is 1. The second kappa shape index (κ2) is 10.5. The summed E-state index contributed by atoms with van der Waals surface area (Å²) < 4.78 is 11.8. The normalized spacial score (nSPS) is 16.6. The number of rotatable bonds is 8. The largest absolute Gasteiger partial charge is 0.507 e. The molecule has 1 fully saturated rings. The highest BCUT2D eigenvalue weighted by atomic mass is 32.1. The molecule has 3 aromatic carbocycles. The van der Waals surface area contributed by atoms with Gasteiger partial charge in [0.15, 0.2) is 5.13 Å². The number of ketones is 1. The van der Waals surface area contributed by atoms with Gasteiger partial charge in [0.2, 0.25) is 0 Å². The highest BCUT2D eigenvalue weighted by Crippen LogP contribution is 2.45. The number of Topliss-reactive ketones (excluding diaryl/α,β-unsaturated/α-hetero) is 1. The van der Waals surface area contributed by atoms with Gasteiger partial charge in [0.25, 0.3) is 11.5 Å². The molecule has 4 aromatic rings. The number of nitro benzene ring substituents is 1. The summed E-state index contributed by atoms with van der Waals surface area (Å²) in [4.78, 5) is 43.4. The number of non-ortho nitro benzene ring substituents is 1. The standard InChI is InChI=1S/C28H23N3O7S/c1-3-37-19-11-7-17(8-12-19)25(32)23-24(16-5-9-18(10-6-16)31(35)36)30(27(34)26(23)33)28-29-21-14-13-20(38-4-2)15-22(21)39-28/h5-15,24,32H,3-4H2,1-2H3/b25-23+. The predicted molar refractivity (Wildman–Crippen MR) is 146 cm³/mol. The number of thiazole rings is 1. The van der Waals surface area contributed by atoms with Crippen molar-refractivity contribution in [3.8, 4) is 11.5 Å². The fourth-order valence-electron chi connectivity index (χ4n) is 4.41. The van der Waals surface area contributed by atoms with Crippen molar-refractivity contribution in [2.75, 3.05) is 18.1 Å². The second-order valence-electron chi connectivity index (χ2n) is 8.53. The van der Waals surface area contributed by atoms with Crippen LogP contribution < -0.4 is 14.4 Å². The van der Waals surface area contributed by atoms with Crippen molar-refractivity contribution in [1.82, 2.24) is 4.98 Å². The number of nitro groups is 1. The van der Waals surface area contributed by atoms with Crippen LogP contribution in [0, 0.1) is 10.1 Å². The van der Waals surface area contributed by atoms with Gasteiger partial charge in [0, 0.05) is 17.7 Å². The lowest BCUT2D eigenvalue weighted by atomic mass is 9.95. The molecule has 1 aromatic heterocycles. The number of carbonyl (C=O) groups is 2. The third-order valence-electron chi connectivity index (χ3n) is 6.17. The minimum atomic E-state index is -1.07. The topological polar surface area (TPSA) is 132 Å². The Morgan fingerprint density at radius 3 is 2.28 bits per heavy atom. The number of ether oxygens (including phenoxy) is 2. The molecule has 1 N–H and O–H groups in total. The maximum atomic E-state index is 13.4. The first kappa shape index (κ1) is 25.9. The molecule has 0 bridgehead atoms. The molecule has 10 nitrogen and oxygen atoms in total. The molecule has 11 heteroatoms. The van der Waals surface area contributed by atoms with Crippen LogP contribution in [0.25, 0.3) is 16.0 Å². The quantitative estimate of drug-likeness (QED) is 0.0991. The number of nitrogens with zero attached hydrogens (tertiary/aromatic N) is 3. The molecule has 1 atom stereocenters. The molecule has 1 aliphatic heterocycles. The summed E-state index contributed by atoms with van der Waals surface area (Å²) in [7, 11) is 0. The molecular formula is C28H23N3O7S. The summed E-state index contributed by atoms with van der Waals surface area (Å²) in [6.45, 7) is 4.66. The Bertz CT molecular complexity index is 1610. The van der Waals surface area contributed by atoms with E-state index in [1.165, 1.54) is 40.5 Å². The van der Waals surface area contributed by atoms with Gasteiger partial charge in [-0.25, -0.2) is 4.98 Å². The van der Waals surface area contributed by atoms with E-state index in [4.69, 9.17) is 9.47 Å². The fourth-order valence-corrected chi connectivity index (χ4v) is 5.43. The van der Waals surface area contributed by atoms with Gasteiger partial charge >= 0.3 is 5.91 Å². The maximum absolute atomic E-state index is 13.4. The van der Waals surface area contributed by atoms with Gasteiger partial charge in [-0.15, -0.1) is 0 Å². The molecule has 0 radical (unpaired) electrons. The number of anilines is 1. The molecule has 1 saturated heterocycles. The summed E-state index contributed by atoms with van der Waals surface area (Å²) in [5.74, 6) is -0.900. The molecule has 1 amide bonds. The summed E-state index contributed by atoms with van der Waals surface area (Å²) in [6.07, 6.45) is 0. The van der Waals surface area contributed by atoms with Crippen LogP contribution in [0.3, 0.4) is 0 Å². The second-order valence-corrected chi connectivity index (χ2v) is 9.54. The Hall–Kier alpha value is -4.77. The summed E-state index contributed by atoms with van der Waals surface area (Å²) in [6, 6.07) is 16.3. The molecule has 0 saturated carbocycles. The number of benzene rings is 3. The van der Waals surface area contributed by atoms with Crippen molar-refractivity contribution in [3.63, 3.8) is 0 Å². The van der Waals surface area contributed by atoms with E-state index in [1.54, 1.807) is 42.5 Å². The third-order valence-corrected chi connectivity index (χ3v) is 7.19. The average Bonchev–Trinajstić information content (AvgIpc) is 3.47. The van der Waals surface area contributed by atoms with Crippen LogP contribution >= 0.6 is 11.3 Å². The van der Waals surface area contributed by atoms with Gasteiger partial charge in [0.1, 0.15) is 17.3 Å². The monoisotopic (exact) mass is 545 g/mol. The van der Waals surface area contributed by atoms with Gasteiger partial charge in [-0.05, 0) is 74.0 Å². The van der Waals surface area contributed by atoms with E-state index in [9.17, 15) is 24.8 Å². The lowest BCUT2D eigenvalue weighted by Crippen LogP contribution is -2.29. The Kier molecular flexibility index (Phi) is 6.99. The third kappa shape index (κ3) is 4.79. The molecular weight excluding hydrogens is 522 g/mol. The van der Waals surface area contributed by atoms with Crippen molar-refractivity contribution in [3.05, 3.63) is 93.5 Å². The number of hydrogen-bond acceptors (Lipinski definition) is 9. The highest BCUT2D eigenvalue weighted by Gasteiger charge is 2.48. The number of fused-ring (bicyclic) bond motifs is 1. The maximum Gasteiger partial charge on any atom is 0.301 e. The molecule has 39 heavy (non-hydrogen) atoms. The number of aromatic nitrogens is 1. The van der Waals surface area contributed by atoms with Crippen LogP contribution in [0.2, 0.25) is 0 Å². The van der Waals surface area contributed by atoms with E-state index < -0.39 is 22.7 Å². The van der Waals surface area contributed by atoms with Crippen molar-refractivity contribution in [2.24, 2.45) is 0 Å². The van der Waals surface area contributed by atoms with Gasteiger partial charge in [-0.3, -0.25) is 24.6 Å². The first-order chi connectivity index (χ1) is 18.8. The summed E-state index contributed by atoms with van der Waals surface area (Å²) >= 11 is 1.20. The van der Waals surface area contributed by atoms with Crippen LogP contribution in [0.1, 0.15) is 31.0 Å². The first-order valence-corrected chi connectivity index (χ1v) is 13.0. The van der Waals surface area contributed by atoms with Gasteiger partial charge in [-0.2, -0.15) is 0 Å². The van der Waals surface area contributed by atoms with Crippen molar-refractivity contribution in [1.29, 1.82) is 0 Å². The Labute approximate surface area is 226 Å². The SMILES string of the molecule is CCOc1ccc(/C(O)=C2\C(=O)C(=O)N(c3nc4ccc(OCC)cc4s3)C2c2ccc([N+](=O)[O-])cc2)cc1. The Morgan fingerprint density at radius 2 is 1.64 bits per heavy atom. The molecule has 0 spiro atoms. The molecule has 1 unspecified atom stereocenters. The van der Waals surface area contributed by atoms with Crippen LogP contribution in [-0.4, -0.2) is 39.9 Å². The van der Waals surface area contributed by atoms with Crippen LogP contribution in [0.4, 0.5) is 10.8 Å². The van der Waals surface area contributed by atoms with E-state index >= 15 is 0 Å². The van der Waals surface area contributed by atoms with Gasteiger partial charge in [-0.1, -0.05) is 11.3 Å². The number of hydrogen-bond donors (Lipinski definition) is 1. The van der Waals surface area contributed by atoms with E-state index in [0.717, 1.165) is 4.70 Å². The minimum absolute atomic E-state index is 0.146. The van der Waals surface area contributed by atoms with E-state index in [2.05, 4.69) is 4.98 Å². The van der Waals surface area contributed by atoms with Crippen LogP contribution in [0.15, 0.2) is 72.3 Å². The van der Waals surface area contributed by atoms with Gasteiger partial charge < -0.3 is 14.6 Å². The minimum Gasteiger partial charge on any atom is -0.507 e. The molecule has 198 valence electrons. The number of carbonyl (C=O) groups excluding carboxylic acids is 2. The fraction of sp³-hybridized carbons (Fsp3) is 0.179. The molecule has 1 aliphatic rings. The summed E-state index contributed by atoms with van der Waals surface area (Å²) in [5.41, 5.74) is 1.03. The Morgan fingerprint density at radius 1 is 1.00 bits per heavy atom. The van der Waals surface area contributed by atoms with Gasteiger partial charge in [0.05, 0.1) is 40.0 Å². The lowest BCUT2D eigenvalue weighted by molar-refractivity contribution is -0.384. The highest BCUT2D eigenvalue weighted by molar-refractivity contribution is 7.22. The zero-order valence-corrected chi connectivity index (χ0v) is 21.8. The first-order valence-electron chi connectivity index (χ1n) is 12.1. The Balaban J connectivity index is 1.66. The van der Waals surface area contributed by atoms with Crippen molar-refractivity contribution >= 4 is 49.8 Å². The van der Waals surface area contributed by atoms with E-state index in [0.29, 0.717) is 41.4 Å². The van der Waals surface area contributed by atoms with E-state index in [-0.39, 0.29) is 22.2 Å². The van der Waals surface area contributed by atoms with Crippen molar-refractivity contribution in [2.45, 2.75) is 19.9 Å². The number of aliphatic hydroxyl groups is 1. The van der Waals surface area contributed by atoms with Crippen molar-refractivity contribution < 1.29 is 29.1 Å². The summed E-state index contributed by atoms with van der Waals surface area (Å²) in [5, 5.41) is 22.8. The molecule has 0 aliphatic carbocycles. The lowest BCUT2D eigenvalue weighted by Gasteiger charge is -2.22. The molecule has 5 rings (SSSR count). The number of amides is 1. The zero-order chi connectivity index (χ0) is 27.7. The smallest absolute Gasteiger partial charge is 0.301 e. The molecule has 2 heterocycles. The van der Waals surface area contributed by atoms with Crippen LogP contribution in [-0.2, 0) is 9.59 Å². The predicted octanol–water partition coefficient (Wildman–Crippen LogP) is 5.63. The van der Waals surface area contributed by atoms with E-state index in [1.807, 2.05) is 13.8 Å². The zero-order valence-electron chi connectivity index (χ0n) is 21.0.